The molecule has 1 saturated heterocycles. The van der Waals surface area contributed by atoms with Gasteiger partial charge in [0.05, 0.1) is 0 Å². The van der Waals surface area contributed by atoms with Crippen LogP contribution in [0.15, 0.2) is 54.6 Å². The third-order valence-corrected chi connectivity index (χ3v) is 4.48. The first kappa shape index (κ1) is 18.8. The average Bonchev–Trinajstić information content (AvgIpc) is 2.72. The monoisotopic (exact) mass is 368 g/mol. The Morgan fingerprint density at radius 3 is 2.22 bits per heavy atom. The predicted molar refractivity (Wildman–Crippen MR) is 103 cm³/mol. The molecule has 0 unspecified atom stereocenters. The molecule has 1 heterocycles. The Balaban J connectivity index is 1.47. The number of carbonyl (C=O) groups excluding carboxylic acids is 2. The first-order chi connectivity index (χ1) is 13.1. The van der Waals surface area contributed by atoms with E-state index in [1.165, 1.54) is 6.92 Å². The molecule has 6 nitrogen and oxygen atoms in total. The van der Waals surface area contributed by atoms with Crippen LogP contribution in [0.3, 0.4) is 0 Å². The summed E-state index contributed by atoms with van der Waals surface area (Å²) in [7, 11) is 0. The molecule has 0 radical (unpaired) electrons. The van der Waals surface area contributed by atoms with Crippen LogP contribution < -0.4 is 9.64 Å². The topological polar surface area (TPSA) is 59.1 Å². The van der Waals surface area contributed by atoms with Crippen molar-refractivity contribution >= 4 is 17.6 Å². The van der Waals surface area contributed by atoms with Gasteiger partial charge in [0.2, 0.25) is 0 Å². The number of esters is 1. The fourth-order valence-electron chi connectivity index (χ4n) is 2.96. The van der Waals surface area contributed by atoms with E-state index < -0.39 is 5.97 Å². The first-order valence-corrected chi connectivity index (χ1v) is 9.05. The quantitative estimate of drug-likeness (QED) is 0.733. The summed E-state index contributed by atoms with van der Waals surface area (Å²) in [5.74, 6) is 0.254. The third-order valence-electron chi connectivity index (χ3n) is 4.48. The van der Waals surface area contributed by atoms with Crippen LogP contribution in [-0.2, 0) is 20.9 Å². The highest BCUT2D eigenvalue weighted by atomic mass is 16.5. The number of hydrogen-bond acceptors (Lipinski definition) is 5. The largest absolute Gasteiger partial charge is 0.489 e. The van der Waals surface area contributed by atoms with E-state index in [2.05, 4.69) is 4.90 Å². The predicted octanol–water partition coefficient (Wildman–Crippen LogP) is 2.48. The summed E-state index contributed by atoms with van der Waals surface area (Å²) in [5, 5.41) is 0. The molecule has 2 aromatic carbocycles. The Hall–Kier alpha value is -3.02. The molecular formula is C21H24N2O4. The molecular weight excluding hydrogens is 344 g/mol. The van der Waals surface area contributed by atoms with E-state index in [1.807, 2.05) is 54.6 Å². The molecule has 1 fully saturated rings. The second-order valence-electron chi connectivity index (χ2n) is 6.42. The molecule has 27 heavy (non-hydrogen) atoms. The number of anilines is 1. The van der Waals surface area contributed by atoms with Gasteiger partial charge in [0.1, 0.15) is 12.4 Å². The maximum Gasteiger partial charge on any atom is 0.303 e. The highest BCUT2D eigenvalue weighted by Crippen LogP contribution is 2.21. The molecule has 0 atom stereocenters. The van der Waals surface area contributed by atoms with Gasteiger partial charge in [0.25, 0.3) is 5.91 Å². The Morgan fingerprint density at radius 2 is 1.59 bits per heavy atom. The van der Waals surface area contributed by atoms with E-state index in [4.69, 9.17) is 9.47 Å². The summed E-state index contributed by atoms with van der Waals surface area (Å²) >= 11 is 0. The molecule has 0 aromatic heterocycles. The van der Waals surface area contributed by atoms with Gasteiger partial charge in [0.15, 0.2) is 6.61 Å². The van der Waals surface area contributed by atoms with Crippen molar-refractivity contribution < 1.29 is 19.1 Å². The Labute approximate surface area is 159 Å². The van der Waals surface area contributed by atoms with Crippen LogP contribution in [0.5, 0.6) is 5.75 Å². The number of ether oxygens (including phenoxy) is 2. The zero-order valence-corrected chi connectivity index (χ0v) is 15.5. The molecule has 0 N–H and O–H groups in total. The highest BCUT2D eigenvalue weighted by Gasteiger charge is 2.21. The van der Waals surface area contributed by atoms with E-state index in [1.54, 1.807) is 4.90 Å². The van der Waals surface area contributed by atoms with Crippen molar-refractivity contribution in [1.82, 2.24) is 4.90 Å². The summed E-state index contributed by atoms with van der Waals surface area (Å²) in [5.41, 5.74) is 2.24. The summed E-state index contributed by atoms with van der Waals surface area (Å²) in [6.07, 6.45) is 0. The van der Waals surface area contributed by atoms with Crippen molar-refractivity contribution in [3.63, 3.8) is 0 Å². The van der Waals surface area contributed by atoms with E-state index in [9.17, 15) is 9.59 Å². The van der Waals surface area contributed by atoms with Crippen LogP contribution in [0.2, 0.25) is 0 Å². The number of nitrogens with zero attached hydrogens (tertiary/aromatic N) is 2. The van der Waals surface area contributed by atoms with Crippen LogP contribution in [-0.4, -0.2) is 49.6 Å². The molecule has 0 bridgehead atoms. The molecule has 0 aliphatic carbocycles. The number of carbonyl (C=O) groups is 2. The summed E-state index contributed by atoms with van der Waals surface area (Å²) in [6, 6.07) is 18.1. The maximum atomic E-state index is 12.0. The fraction of sp³-hybridized carbons (Fsp3) is 0.333. The minimum atomic E-state index is -0.434. The lowest BCUT2D eigenvalue weighted by atomic mass is 10.2. The minimum absolute atomic E-state index is 0.144. The van der Waals surface area contributed by atoms with Crippen molar-refractivity contribution in [2.75, 3.05) is 37.7 Å². The van der Waals surface area contributed by atoms with Gasteiger partial charge in [-0.15, -0.1) is 0 Å². The maximum absolute atomic E-state index is 12.0. The van der Waals surface area contributed by atoms with E-state index >= 15 is 0 Å². The molecule has 1 aliphatic heterocycles. The van der Waals surface area contributed by atoms with Crippen LogP contribution in [0.25, 0.3) is 0 Å². The third kappa shape index (κ3) is 5.48. The lowest BCUT2D eigenvalue weighted by Gasteiger charge is -2.36. The van der Waals surface area contributed by atoms with Crippen LogP contribution in [0.4, 0.5) is 5.69 Å². The molecule has 2 aromatic rings. The van der Waals surface area contributed by atoms with E-state index in [0.717, 1.165) is 30.1 Å². The number of piperazine rings is 1. The minimum Gasteiger partial charge on any atom is -0.489 e. The van der Waals surface area contributed by atoms with Gasteiger partial charge in [-0.25, -0.2) is 0 Å². The van der Waals surface area contributed by atoms with Gasteiger partial charge < -0.3 is 19.3 Å². The smallest absolute Gasteiger partial charge is 0.303 e. The standard InChI is InChI=1S/C21H24N2O4/c1-17(24)26-16-21(25)23-13-11-22(12-14-23)19-7-9-20(10-8-19)27-15-18-5-3-2-4-6-18/h2-10H,11-16H2,1H3. The van der Waals surface area contributed by atoms with Crippen molar-refractivity contribution in [1.29, 1.82) is 0 Å². The van der Waals surface area contributed by atoms with Crippen LogP contribution in [0.1, 0.15) is 12.5 Å². The molecule has 0 saturated carbocycles. The van der Waals surface area contributed by atoms with Gasteiger partial charge in [0, 0.05) is 38.8 Å². The van der Waals surface area contributed by atoms with Crippen molar-refractivity contribution in [2.45, 2.75) is 13.5 Å². The number of hydrogen-bond donors (Lipinski definition) is 0. The van der Waals surface area contributed by atoms with Crippen LogP contribution >= 0.6 is 0 Å². The van der Waals surface area contributed by atoms with Gasteiger partial charge >= 0.3 is 5.97 Å². The van der Waals surface area contributed by atoms with Gasteiger partial charge in [-0.05, 0) is 29.8 Å². The van der Waals surface area contributed by atoms with Crippen molar-refractivity contribution in [3.8, 4) is 5.75 Å². The summed E-state index contributed by atoms with van der Waals surface area (Å²) in [6.45, 7) is 4.40. The lowest BCUT2D eigenvalue weighted by molar-refractivity contribution is -0.150. The molecule has 0 spiro atoms. The van der Waals surface area contributed by atoms with Crippen molar-refractivity contribution in [2.24, 2.45) is 0 Å². The summed E-state index contributed by atoms with van der Waals surface area (Å²) < 4.78 is 10.6. The van der Waals surface area contributed by atoms with Gasteiger partial charge in [-0.3, -0.25) is 9.59 Å². The number of amides is 1. The number of benzene rings is 2. The van der Waals surface area contributed by atoms with E-state index in [0.29, 0.717) is 19.7 Å². The van der Waals surface area contributed by atoms with Gasteiger partial charge in [-0.2, -0.15) is 0 Å². The molecule has 1 aliphatic rings. The summed E-state index contributed by atoms with van der Waals surface area (Å²) in [4.78, 5) is 26.8. The first-order valence-electron chi connectivity index (χ1n) is 9.05. The molecule has 3 rings (SSSR count). The SMILES string of the molecule is CC(=O)OCC(=O)N1CCN(c2ccc(OCc3ccccc3)cc2)CC1. The lowest BCUT2D eigenvalue weighted by Crippen LogP contribution is -2.49. The van der Waals surface area contributed by atoms with Crippen LogP contribution in [0, 0.1) is 0 Å². The number of rotatable bonds is 6. The second kappa shape index (κ2) is 9.07. The fourth-order valence-corrected chi connectivity index (χ4v) is 2.96. The second-order valence-corrected chi connectivity index (χ2v) is 6.42. The molecule has 6 heteroatoms. The normalized spacial score (nSPS) is 14.0. The van der Waals surface area contributed by atoms with E-state index in [-0.39, 0.29) is 12.5 Å². The zero-order valence-electron chi connectivity index (χ0n) is 15.5. The highest BCUT2D eigenvalue weighted by molar-refractivity contribution is 5.80. The Morgan fingerprint density at radius 1 is 0.926 bits per heavy atom. The molecule has 142 valence electrons. The zero-order chi connectivity index (χ0) is 19.1. The average molecular weight is 368 g/mol. The van der Waals surface area contributed by atoms with Crippen molar-refractivity contribution in [3.05, 3.63) is 60.2 Å². The molecule has 1 amide bonds. The Kier molecular flexibility index (Phi) is 6.30. The Bertz CT molecular complexity index is 754. The van der Waals surface area contributed by atoms with Gasteiger partial charge in [-0.1, -0.05) is 30.3 Å².